The van der Waals surface area contributed by atoms with Crippen LogP contribution in [-0.4, -0.2) is 17.3 Å². The van der Waals surface area contributed by atoms with Crippen molar-refractivity contribution in [2.45, 2.75) is 32.2 Å². The van der Waals surface area contributed by atoms with Crippen LogP contribution in [0.3, 0.4) is 0 Å². The lowest BCUT2D eigenvalue weighted by atomic mass is 9.93. The fourth-order valence-electron chi connectivity index (χ4n) is 2.28. The molecule has 2 rings (SSSR count). The lowest BCUT2D eigenvalue weighted by Crippen LogP contribution is -2.39. The molecule has 0 bridgehead atoms. The molecular formula is C18H23NO. The molecule has 2 heteroatoms. The van der Waals surface area contributed by atoms with Crippen LogP contribution in [0.25, 0.3) is 0 Å². The molecule has 20 heavy (non-hydrogen) atoms. The second kappa shape index (κ2) is 6.58. The van der Waals surface area contributed by atoms with Gasteiger partial charge < -0.3 is 10.4 Å². The molecule has 106 valence electrons. The van der Waals surface area contributed by atoms with Crippen molar-refractivity contribution >= 4 is 5.69 Å². The van der Waals surface area contributed by atoms with Crippen molar-refractivity contribution in [3.05, 3.63) is 65.7 Å². The Hall–Kier alpha value is -1.80. The molecule has 0 aromatic heterocycles. The molecule has 0 spiro atoms. The Labute approximate surface area is 121 Å². The smallest absolute Gasteiger partial charge is 0.0658 e. The molecule has 0 amide bonds. The van der Waals surface area contributed by atoms with Crippen LogP contribution < -0.4 is 5.32 Å². The molecule has 0 fully saturated rings. The molecule has 2 aromatic carbocycles. The van der Waals surface area contributed by atoms with E-state index in [4.69, 9.17) is 0 Å². The van der Waals surface area contributed by atoms with Crippen LogP contribution in [0, 0.1) is 6.92 Å². The molecule has 0 aliphatic heterocycles. The number of hydrogen-bond acceptors (Lipinski definition) is 2. The molecule has 0 saturated carbocycles. The van der Waals surface area contributed by atoms with Crippen molar-refractivity contribution in [3.8, 4) is 0 Å². The first-order valence-corrected chi connectivity index (χ1v) is 7.11. The van der Waals surface area contributed by atoms with E-state index in [0.717, 1.165) is 18.5 Å². The molecule has 0 heterocycles. The van der Waals surface area contributed by atoms with Gasteiger partial charge in [-0.05, 0) is 43.9 Å². The third-order valence-electron chi connectivity index (χ3n) is 3.74. The molecule has 1 unspecified atom stereocenters. The summed E-state index contributed by atoms with van der Waals surface area (Å²) in [6, 6.07) is 18.6. The van der Waals surface area contributed by atoms with E-state index in [1.807, 2.05) is 18.2 Å². The van der Waals surface area contributed by atoms with Gasteiger partial charge in [-0.1, -0.05) is 48.5 Å². The summed E-state index contributed by atoms with van der Waals surface area (Å²) in [6.45, 7) is 4.27. The van der Waals surface area contributed by atoms with E-state index in [0.29, 0.717) is 0 Å². The average molecular weight is 269 g/mol. The highest BCUT2D eigenvalue weighted by atomic mass is 16.3. The van der Waals surface area contributed by atoms with Gasteiger partial charge >= 0.3 is 0 Å². The highest BCUT2D eigenvalue weighted by molar-refractivity contribution is 5.52. The summed E-state index contributed by atoms with van der Waals surface area (Å²) in [6.07, 6.45) is 1.85. The van der Waals surface area contributed by atoms with Crippen molar-refractivity contribution in [3.63, 3.8) is 0 Å². The standard InChI is InChI=1S/C18H23NO/c1-15-8-6-7-11-17(15)19-18(2,14-20)13-12-16-9-4-3-5-10-16/h3-11,19-20H,12-14H2,1-2H3. The van der Waals surface area contributed by atoms with Crippen molar-refractivity contribution in [2.75, 3.05) is 11.9 Å². The van der Waals surface area contributed by atoms with E-state index in [2.05, 4.69) is 55.6 Å². The maximum Gasteiger partial charge on any atom is 0.0658 e. The zero-order chi connectivity index (χ0) is 14.4. The van der Waals surface area contributed by atoms with Crippen LogP contribution in [0.5, 0.6) is 0 Å². The Balaban J connectivity index is 2.04. The van der Waals surface area contributed by atoms with E-state index >= 15 is 0 Å². The summed E-state index contributed by atoms with van der Waals surface area (Å²) in [7, 11) is 0. The molecule has 2 nitrogen and oxygen atoms in total. The number of aliphatic hydroxyl groups is 1. The first-order chi connectivity index (χ1) is 9.63. The van der Waals surface area contributed by atoms with Crippen LogP contribution in [0.2, 0.25) is 0 Å². The van der Waals surface area contributed by atoms with Gasteiger partial charge in [0.05, 0.1) is 12.1 Å². The van der Waals surface area contributed by atoms with Crippen LogP contribution in [0.1, 0.15) is 24.5 Å². The molecule has 0 saturated heterocycles. The van der Waals surface area contributed by atoms with Crippen LogP contribution >= 0.6 is 0 Å². The predicted octanol–water partition coefficient (Wildman–Crippen LogP) is 3.79. The number of benzene rings is 2. The largest absolute Gasteiger partial charge is 0.394 e. The molecule has 0 aliphatic carbocycles. The van der Waals surface area contributed by atoms with Crippen molar-refractivity contribution in [1.82, 2.24) is 0 Å². The van der Waals surface area contributed by atoms with E-state index in [1.54, 1.807) is 0 Å². The molecule has 0 radical (unpaired) electrons. The molecule has 2 N–H and O–H groups in total. The quantitative estimate of drug-likeness (QED) is 0.836. The van der Waals surface area contributed by atoms with E-state index < -0.39 is 0 Å². The SMILES string of the molecule is Cc1ccccc1NC(C)(CO)CCc1ccccc1. The maximum atomic E-state index is 9.75. The van der Waals surface area contributed by atoms with E-state index in [1.165, 1.54) is 11.1 Å². The Bertz CT molecular complexity index is 538. The minimum absolute atomic E-state index is 0.119. The third-order valence-corrected chi connectivity index (χ3v) is 3.74. The second-order valence-corrected chi connectivity index (χ2v) is 5.64. The highest BCUT2D eigenvalue weighted by Gasteiger charge is 2.23. The summed E-state index contributed by atoms with van der Waals surface area (Å²) >= 11 is 0. The highest BCUT2D eigenvalue weighted by Crippen LogP contribution is 2.23. The van der Waals surface area contributed by atoms with Gasteiger partial charge in [-0.25, -0.2) is 0 Å². The minimum atomic E-state index is -0.304. The lowest BCUT2D eigenvalue weighted by molar-refractivity contribution is 0.215. The summed E-state index contributed by atoms with van der Waals surface area (Å²) in [5.41, 5.74) is 3.30. The van der Waals surface area contributed by atoms with Crippen molar-refractivity contribution in [2.24, 2.45) is 0 Å². The monoisotopic (exact) mass is 269 g/mol. The number of rotatable bonds is 6. The van der Waals surface area contributed by atoms with Gasteiger partial charge in [-0.15, -0.1) is 0 Å². The Morgan fingerprint density at radius 2 is 1.65 bits per heavy atom. The first kappa shape index (κ1) is 14.6. The summed E-state index contributed by atoms with van der Waals surface area (Å²) < 4.78 is 0. The number of aryl methyl sites for hydroxylation is 2. The van der Waals surface area contributed by atoms with Gasteiger partial charge in [0.15, 0.2) is 0 Å². The van der Waals surface area contributed by atoms with E-state index in [9.17, 15) is 5.11 Å². The Kier molecular flexibility index (Phi) is 4.80. The number of para-hydroxylation sites is 1. The van der Waals surface area contributed by atoms with Crippen LogP contribution in [-0.2, 0) is 6.42 Å². The zero-order valence-corrected chi connectivity index (χ0v) is 12.3. The number of hydrogen-bond donors (Lipinski definition) is 2. The fourth-order valence-corrected chi connectivity index (χ4v) is 2.28. The Morgan fingerprint density at radius 1 is 1.00 bits per heavy atom. The van der Waals surface area contributed by atoms with Gasteiger partial charge in [0, 0.05) is 5.69 Å². The summed E-state index contributed by atoms with van der Waals surface area (Å²) in [4.78, 5) is 0. The third kappa shape index (κ3) is 3.84. The van der Waals surface area contributed by atoms with Crippen LogP contribution in [0.15, 0.2) is 54.6 Å². The normalized spacial score (nSPS) is 13.8. The lowest BCUT2D eigenvalue weighted by Gasteiger charge is -2.31. The number of nitrogens with one attached hydrogen (secondary N) is 1. The van der Waals surface area contributed by atoms with Crippen LogP contribution in [0.4, 0.5) is 5.69 Å². The van der Waals surface area contributed by atoms with Gasteiger partial charge in [0.1, 0.15) is 0 Å². The summed E-state index contributed by atoms with van der Waals surface area (Å²) in [5, 5.41) is 13.2. The summed E-state index contributed by atoms with van der Waals surface area (Å²) in [5.74, 6) is 0. The van der Waals surface area contributed by atoms with Crippen molar-refractivity contribution < 1.29 is 5.11 Å². The molecule has 2 aromatic rings. The van der Waals surface area contributed by atoms with Gasteiger partial charge in [0.2, 0.25) is 0 Å². The molecular weight excluding hydrogens is 246 g/mol. The Morgan fingerprint density at radius 3 is 2.30 bits per heavy atom. The molecule has 1 atom stereocenters. The number of anilines is 1. The van der Waals surface area contributed by atoms with Gasteiger partial charge in [0.25, 0.3) is 0 Å². The van der Waals surface area contributed by atoms with Crippen molar-refractivity contribution in [1.29, 1.82) is 0 Å². The topological polar surface area (TPSA) is 32.3 Å². The average Bonchev–Trinajstić information content (AvgIpc) is 2.49. The zero-order valence-electron chi connectivity index (χ0n) is 12.3. The fraction of sp³-hybridized carbons (Fsp3) is 0.333. The van der Waals surface area contributed by atoms with Gasteiger partial charge in [-0.2, -0.15) is 0 Å². The van der Waals surface area contributed by atoms with E-state index in [-0.39, 0.29) is 12.1 Å². The number of aliphatic hydroxyl groups excluding tert-OH is 1. The molecule has 0 aliphatic rings. The second-order valence-electron chi connectivity index (χ2n) is 5.64. The minimum Gasteiger partial charge on any atom is -0.394 e. The van der Waals surface area contributed by atoms with Gasteiger partial charge in [-0.3, -0.25) is 0 Å². The maximum absolute atomic E-state index is 9.75. The first-order valence-electron chi connectivity index (χ1n) is 7.11. The predicted molar refractivity (Wildman–Crippen MR) is 85.1 cm³/mol.